The van der Waals surface area contributed by atoms with Crippen LogP contribution in [0.5, 0.6) is 0 Å². The molecule has 0 spiro atoms. The molecule has 3 nitrogen and oxygen atoms in total. The van der Waals surface area contributed by atoms with Crippen molar-refractivity contribution in [2.45, 2.75) is 19.0 Å². The van der Waals surface area contributed by atoms with Crippen LogP contribution in [0.1, 0.15) is 6.42 Å². The van der Waals surface area contributed by atoms with E-state index >= 15 is 0 Å². The summed E-state index contributed by atoms with van der Waals surface area (Å²) in [6.07, 6.45) is 0.972. The molecule has 0 saturated heterocycles. The topological polar surface area (TPSA) is 38.7 Å². The van der Waals surface area contributed by atoms with Crippen molar-refractivity contribution in [2.75, 3.05) is 19.7 Å². The lowest BCUT2D eigenvalue weighted by atomic mass is 10.6. The van der Waals surface area contributed by atoms with E-state index in [1.165, 1.54) is 0 Å². The Morgan fingerprint density at radius 3 is 2.55 bits per heavy atom. The Bertz CT molecular complexity index is 104. The van der Waals surface area contributed by atoms with Gasteiger partial charge >= 0.3 is 8.56 Å². The van der Waals surface area contributed by atoms with Crippen LogP contribution in [0.25, 0.3) is 0 Å². The average molecular weight is 196 g/mol. The van der Waals surface area contributed by atoms with Gasteiger partial charge in [0.15, 0.2) is 0 Å². The van der Waals surface area contributed by atoms with Crippen LogP contribution >= 0.6 is 12.6 Å². The molecule has 5 heteroatoms. The van der Waals surface area contributed by atoms with Gasteiger partial charge in [-0.2, -0.15) is 12.6 Å². The zero-order valence-electron chi connectivity index (χ0n) is 7.04. The van der Waals surface area contributed by atoms with E-state index in [9.17, 15) is 0 Å². The Hall–Kier alpha value is 0.447. The Morgan fingerprint density at radius 1 is 1.55 bits per heavy atom. The van der Waals surface area contributed by atoms with Crippen molar-refractivity contribution in [1.29, 1.82) is 0 Å². The molecule has 0 aromatic heterocycles. The number of hydrogen-bond acceptors (Lipinski definition) is 4. The second-order valence-corrected chi connectivity index (χ2v) is 6.35. The Balaban J connectivity index is 3.68. The summed E-state index contributed by atoms with van der Waals surface area (Å²) >= 11 is 4.09. The highest BCUT2D eigenvalue weighted by Crippen LogP contribution is 2.14. The van der Waals surface area contributed by atoms with Gasteiger partial charge in [-0.1, -0.05) is 0 Å². The van der Waals surface area contributed by atoms with Gasteiger partial charge in [-0.25, -0.2) is 0 Å². The zero-order valence-corrected chi connectivity index (χ0v) is 8.93. The SMILES string of the molecule is CO[Si](C)(CCCS)OCO. The highest BCUT2D eigenvalue weighted by atomic mass is 32.1. The molecule has 1 unspecified atom stereocenters. The molecule has 0 saturated carbocycles. The quantitative estimate of drug-likeness (QED) is 0.378. The third-order valence-electron chi connectivity index (χ3n) is 1.59. The Morgan fingerprint density at radius 2 is 2.18 bits per heavy atom. The van der Waals surface area contributed by atoms with Gasteiger partial charge in [0, 0.05) is 7.11 Å². The molecule has 1 atom stereocenters. The van der Waals surface area contributed by atoms with Crippen LogP contribution in [0.4, 0.5) is 0 Å². The van der Waals surface area contributed by atoms with E-state index in [0.717, 1.165) is 18.2 Å². The molecule has 0 aromatic carbocycles. The third-order valence-corrected chi connectivity index (χ3v) is 4.77. The Labute approximate surface area is 74.4 Å². The van der Waals surface area contributed by atoms with Crippen LogP contribution in [0.15, 0.2) is 0 Å². The summed E-state index contributed by atoms with van der Waals surface area (Å²) in [6, 6.07) is 0.883. The van der Waals surface area contributed by atoms with Crippen LogP contribution < -0.4 is 0 Å². The van der Waals surface area contributed by atoms with Crippen LogP contribution in [-0.2, 0) is 8.85 Å². The molecule has 0 amide bonds. The van der Waals surface area contributed by atoms with E-state index in [2.05, 4.69) is 12.6 Å². The number of thiol groups is 1. The van der Waals surface area contributed by atoms with Crippen LogP contribution in [0.3, 0.4) is 0 Å². The maximum atomic E-state index is 8.55. The maximum Gasteiger partial charge on any atom is 0.336 e. The molecule has 11 heavy (non-hydrogen) atoms. The predicted octanol–water partition coefficient (Wildman–Crippen LogP) is 0.991. The fraction of sp³-hybridized carbons (Fsp3) is 1.00. The van der Waals surface area contributed by atoms with Crippen molar-refractivity contribution in [3.8, 4) is 0 Å². The molecule has 0 aliphatic rings. The van der Waals surface area contributed by atoms with E-state index in [1.807, 2.05) is 6.55 Å². The van der Waals surface area contributed by atoms with Gasteiger partial charge in [0.1, 0.15) is 6.79 Å². The van der Waals surface area contributed by atoms with Crippen LogP contribution in [0, 0.1) is 0 Å². The largest absolute Gasteiger partial charge is 0.398 e. The fourth-order valence-corrected chi connectivity index (χ4v) is 2.78. The van der Waals surface area contributed by atoms with Crippen LogP contribution in [-0.4, -0.2) is 33.3 Å². The molecular formula is C6H16O3SSi. The molecule has 0 rings (SSSR count). The zero-order chi connectivity index (χ0) is 8.74. The Kier molecular flexibility index (Phi) is 6.26. The maximum absolute atomic E-state index is 8.55. The minimum Gasteiger partial charge on any atom is -0.398 e. The van der Waals surface area contributed by atoms with E-state index in [-0.39, 0.29) is 6.79 Å². The van der Waals surface area contributed by atoms with Crippen molar-refractivity contribution in [3.05, 3.63) is 0 Å². The van der Waals surface area contributed by atoms with Gasteiger partial charge < -0.3 is 14.0 Å². The lowest BCUT2D eigenvalue weighted by molar-refractivity contribution is 0.0615. The minimum absolute atomic E-state index is 0.247. The highest BCUT2D eigenvalue weighted by Gasteiger charge is 2.28. The summed E-state index contributed by atoms with van der Waals surface area (Å²) in [7, 11) is -0.418. The van der Waals surface area contributed by atoms with Crippen molar-refractivity contribution >= 4 is 21.2 Å². The molecular weight excluding hydrogens is 180 g/mol. The lowest BCUT2D eigenvalue weighted by Crippen LogP contribution is -2.37. The highest BCUT2D eigenvalue weighted by molar-refractivity contribution is 7.80. The molecule has 68 valence electrons. The van der Waals surface area contributed by atoms with E-state index < -0.39 is 8.56 Å². The molecule has 0 aliphatic carbocycles. The average Bonchev–Trinajstić information content (AvgIpc) is 2.02. The van der Waals surface area contributed by atoms with Crippen LogP contribution in [0.2, 0.25) is 12.6 Å². The standard InChI is InChI=1S/C6H16O3SSi/c1-8-11(2,9-6-7)5-3-4-10/h7,10H,3-6H2,1-2H3. The first-order chi connectivity index (χ1) is 5.18. The van der Waals surface area contributed by atoms with E-state index in [0.29, 0.717) is 0 Å². The van der Waals surface area contributed by atoms with Gasteiger partial charge in [-0.15, -0.1) is 0 Å². The first-order valence-electron chi connectivity index (χ1n) is 3.59. The summed E-state index contributed by atoms with van der Waals surface area (Å²) in [4.78, 5) is 0. The molecule has 1 N–H and O–H groups in total. The summed E-state index contributed by atoms with van der Waals surface area (Å²) in [5.74, 6) is 0.834. The summed E-state index contributed by atoms with van der Waals surface area (Å²) in [5.41, 5.74) is 0. The number of aliphatic hydroxyl groups excluding tert-OH is 1. The fourth-order valence-electron chi connectivity index (χ4n) is 0.770. The van der Waals surface area contributed by atoms with E-state index in [1.54, 1.807) is 7.11 Å². The van der Waals surface area contributed by atoms with Gasteiger partial charge in [0.25, 0.3) is 0 Å². The lowest BCUT2D eigenvalue weighted by Gasteiger charge is -2.23. The van der Waals surface area contributed by atoms with Gasteiger partial charge in [0.2, 0.25) is 0 Å². The summed E-state index contributed by atoms with van der Waals surface area (Å²) < 4.78 is 10.3. The number of aliphatic hydroxyl groups is 1. The molecule has 0 radical (unpaired) electrons. The van der Waals surface area contributed by atoms with E-state index in [4.69, 9.17) is 14.0 Å². The minimum atomic E-state index is -2.04. The second kappa shape index (κ2) is 6.02. The molecule has 0 aliphatic heterocycles. The first-order valence-corrected chi connectivity index (χ1v) is 6.75. The summed E-state index contributed by atoms with van der Waals surface area (Å²) in [5, 5.41) is 8.55. The smallest absolute Gasteiger partial charge is 0.336 e. The van der Waals surface area contributed by atoms with Gasteiger partial charge in [-0.3, -0.25) is 0 Å². The van der Waals surface area contributed by atoms with Crippen molar-refractivity contribution in [3.63, 3.8) is 0 Å². The van der Waals surface area contributed by atoms with Gasteiger partial charge in [-0.05, 0) is 24.8 Å². The molecule has 0 bridgehead atoms. The van der Waals surface area contributed by atoms with Crippen molar-refractivity contribution < 1.29 is 14.0 Å². The van der Waals surface area contributed by atoms with Crippen molar-refractivity contribution in [2.24, 2.45) is 0 Å². The number of rotatable bonds is 6. The monoisotopic (exact) mass is 196 g/mol. The molecule has 0 heterocycles. The van der Waals surface area contributed by atoms with Crippen molar-refractivity contribution in [1.82, 2.24) is 0 Å². The molecule has 0 fully saturated rings. The first kappa shape index (κ1) is 11.4. The number of hydrogen-bond donors (Lipinski definition) is 2. The third kappa shape index (κ3) is 4.81. The van der Waals surface area contributed by atoms with Gasteiger partial charge in [0.05, 0.1) is 0 Å². The predicted molar refractivity (Wildman–Crippen MR) is 50.1 cm³/mol. The summed E-state index contributed by atoms with van der Waals surface area (Å²) in [6.45, 7) is 1.69. The normalized spacial score (nSPS) is 16.4. The second-order valence-electron chi connectivity index (χ2n) is 2.44. The molecule has 0 aromatic rings.